The van der Waals surface area contributed by atoms with Crippen molar-refractivity contribution in [2.45, 2.75) is 13.3 Å². The van der Waals surface area contributed by atoms with Gasteiger partial charge in [-0.15, -0.1) is 13.2 Å². The van der Waals surface area contributed by atoms with Crippen LogP contribution in [-0.4, -0.2) is 59.0 Å². The van der Waals surface area contributed by atoms with Gasteiger partial charge < -0.3 is 30.0 Å². The first-order chi connectivity index (χ1) is 17.6. The highest BCUT2D eigenvalue weighted by Crippen LogP contribution is 2.33. The quantitative estimate of drug-likeness (QED) is 0.265. The van der Waals surface area contributed by atoms with Gasteiger partial charge in [-0.1, -0.05) is 11.3 Å². The summed E-state index contributed by atoms with van der Waals surface area (Å²) in [6, 6.07) is 9.04. The molecule has 2 aromatic carbocycles. The van der Waals surface area contributed by atoms with Gasteiger partial charge in [-0.2, -0.15) is 0 Å². The summed E-state index contributed by atoms with van der Waals surface area (Å²) in [4.78, 5) is 32.2. The van der Waals surface area contributed by atoms with Gasteiger partial charge in [0.05, 0.1) is 34.5 Å². The zero-order valence-corrected chi connectivity index (χ0v) is 20.6. The monoisotopic (exact) mass is 536 g/mol. The van der Waals surface area contributed by atoms with Gasteiger partial charge >= 0.3 is 6.36 Å². The van der Waals surface area contributed by atoms with E-state index in [-0.39, 0.29) is 17.6 Å². The molecule has 37 heavy (non-hydrogen) atoms. The van der Waals surface area contributed by atoms with Gasteiger partial charge in [-0.25, -0.2) is 9.97 Å². The lowest BCUT2D eigenvalue weighted by molar-refractivity contribution is -0.274. The van der Waals surface area contributed by atoms with Crippen LogP contribution in [0.3, 0.4) is 0 Å². The van der Waals surface area contributed by atoms with E-state index in [4.69, 9.17) is 4.74 Å². The SMILES string of the molecule is CC(=O)NCCOCCNC(=O)c1ccc2c(c1)nc(Nc1nc3ccc(OC(F)(F)F)cc3s1)n2C. The van der Waals surface area contributed by atoms with Gasteiger partial charge in [0.1, 0.15) is 5.75 Å². The molecule has 0 unspecified atom stereocenters. The van der Waals surface area contributed by atoms with Crippen LogP contribution in [0.4, 0.5) is 24.3 Å². The number of aryl methyl sites for hydroxylation is 1. The number of ether oxygens (including phenoxy) is 2. The molecule has 0 saturated heterocycles. The van der Waals surface area contributed by atoms with Crippen molar-refractivity contribution >= 4 is 55.5 Å². The number of benzene rings is 2. The molecule has 14 heteroatoms. The van der Waals surface area contributed by atoms with Crippen LogP contribution in [-0.2, 0) is 16.6 Å². The summed E-state index contributed by atoms with van der Waals surface area (Å²) in [6.45, 7) is 2.79. The fraction of sp³-hybridized carbons (Fsp3) is 0.304. The van der Waals surface area contributed by atoms with E-state index in [1.165, 1.54) is 25.1 Å². The molecule has 0 aliphatic heterocycles. The highest BCUT2D eigenvalue weighted by atomic mass is 32.1. The zero-order valence-electron chi connectivity index (χ0n) is 19.8. The Morgan fingerprint density at radius 2 is 1.78 bits per heavy atom. The molecule has 2 aromatic heterocycles. The van der Waals surface area contributed by atoms with E-state index < -0.39 is 6.36 Å². The van der Waals surface area contributed by atoms with Crippen molar-refractivity contribution in [3.63, 3.8) is 0 Å². The first-order valence-electron chi connectivity index (χ1n) is 11.1. The predicted molar refractivity (Wildman–Crippen MR) is 132 cm³/mol. The van der Waals surface area contributed by atoms with Crippen LogP contribution in [0.5, 0.6) is 5.75 Å². The highest BCUT2D eigenvalue weighted by Gasteiger charge is 2.31. The molecule has 4 aromatic rings. The molecule has 2 amide bonds. The lowest BCUT2D eigenvalue weighted by Crippen LogP contribution is -2.29. The van der Waals surface area contributed by atoms with Crippen LogP contribution in [0.15, 0.2) is 36.4 Å². The summed E-state index contributed by atoms with van der Waals surface area (Å²) in [5.74, 6) is -0.282. The third kappa shape index (κ3) is 6.86. The number of halogens is 3. The molecule has 4 rings (SSSR count). The third-order valence-corrected chi connectivity index (χ3v) is 6.04. The second-order valence-corrected chi connectivity index (χ2v) is 8.90. The smallest absolute Gasteiger partial charge is 0.406 e. The minimum atomic E-state index is -4.77. The molecule has 0 aliphatic rings. The predicted octanol–water partition coefficient (Wildman–Crippen LogP) is 3.71. The largest absolute Gasteiger partial charge is 0.573 e. The zero-order chi connectivity index (χ0) is 26.6. The number of alkyl halides is 3. The Kier molecular flexibility index (Phi) is 7.78. The number of anilines is 2. The number of aromatic nitrogens is 3. The van der Waals surface area contributed by atoms with Gasteiger partial charge in [0, 0.05) is 38.7 Å². The Labute approximate surface area is 212 Å². The Balaban J connectivity index is 1.39. The maximum atomic E-state index is 12.5. The molecule has 10 nitrogen and oxygen atoms in total. The van der Waals surface area contributed by atoms with Crippen molar-refractivity contribution in [2.24, 2.45) is 7.05 Å². The van der Waals surface area contributed by atoms with Crippen molar-refractivity contribution in [1.29, 1.82) is 0 Å². The number of carbonyl (C=O) groups is 2. The van der Waals surface area contributed by atoms with Crippen LogP contribution < -0.4 is 20.7 Å². The number of hydrogen-bond acceptors (Lipinski definition) is 8. The van der Waals surface area contributed by atoms with Crippen molar-refractivity contribution in [1.82, 2.24) is 25.2 Å². The van der Waals surface area contributed by atoms with Crippen LogP contribution in [0.25, 0.3) is 21.3 Å². The molecule has 3 N–H and O–H groups in total. The molecular weight excluding hydrogens is 513 g/mol. The maximum absolute atomic E-state index is 12.5. The lowest BCUT2D eigenvalue weighted by Gasteiger charge is -2.07. The normalized spacial score (nSPS) is 11.6. The number of amides is 2. The molecule has 0 saturated carbocycles. The molecule has 0 atom stereocenters. The minimum absolute atomic E-state index is 0.131. The molecule has 0 radical (unpaired) electrons. The van der Waals surface area contributed by atoms with Crippen LogP contribution in [0, 0.1) is 0 Å². The number of rotatable bonds is 10. The average Bonchev–Trinajstić information content (AvgIpc) is 3.36. The van der Waals surface area contributed by atoms with Crippen LogP contribution in [0.2, 0.25) is 0 Å². The van der Waals surface area contributed by atoms with Crippen molar-refractivity contribution < 1.29 is 32.2 Å². The summed E-state index contributed by atoms with van der Waals surface area (Å²) in [5.41, 5.74) is 2.28. The van der Waals surface area contributed by atoms with Crippen molar-refractivity contribution in [2.75, 3.05) is 31.6 Å². The minimum Gasteiger partial charge on any atom is -0.406 e. The molecule has 0 fully saturated rings. The Morgan fingerprint density at radius 1 is 1.03 bits per heavy atom. The standard InChI is InChI=1S/C23H23F3N6O4S/c1-13(33)27-7-9-35-10-8-28-20(34)14-3-6-18-17(11-14)29-21(32(18)2)31-22-30-16-5-4-15(12-19(16)37-22)36-23(24,25)26/h3-6,11-12H,7-10H2,1-2H3,(H,27,33)(H,28,34)(H,29,30,31). The molecular formula is C23H23F3N6O4S. The molecule has 196 valence electrons. The fourth-order valence-corrected chi connectivity index (χ4v) is 4.33. The summed E-state index contributed by atoms with van der Waals surface area (Å²) in [6.07, 6.45) is -4.77. The summed E-state index contributed by atoms with van der Waals surface area (Å²) >= 11 is 1.16. The molecule has 0 aliphatic carbocycles. The van der Waals surface area contributed by atoms with E-state index in [9.17, 15) is 22.8 Å². The van der Waals surface area contributed by atoms with Crippen molar-refractivity contribution in [3.8, 4) is 5.75 Å². The number of nitrogens with zero attached hydrogens (tertiary/aromatic N) is 3. The Morgan fingerprint density at radius 3 is 2.51 bits per heavy atom. The van der Waals surface area contributed by atoms with Gasteiger partial charge in [0.15, 0.2) is 5.13 Å². The highest BCUT2D eigenvalue weighted by molar-refractivity contribution is 7.22. The summed E-state index contributed by atoms with van der Waals surface area (Å²) in [5, 5.41) is 8.91. The van der Waals surface area contributed by atoms with Gasteiger partial charge in [-0.3, -0.25) is 9.59 Å². The van der Waals surface area contributed by atoms with E-state index in [2.05, 4.69) is 30.7 Å². The van der Waals surface area contributed by atoms with Gasteiger partial charge in [0.25, 0.3) is 5.91 Å². The van der Waals surface area contributed by atoms with E-state index in [1.807, 2.05) is 0 Å². The van der Waals surface area contributed by atoms with Crippen LogP contribution >= 0.6 is 11.3 Å². The maximum Gasteiger partial charge on any atom is 0.573 e. The summed E-state index contributed by atoms with van der Waals surface area (Å²) in [7, 11) is 1.79. The van der Waals surface area contributed by atoms with E-state index in [0.29, 0.717) is 58.7 Å². The van der Waals surface area contributed by atoms with E-state index in [1.54, 1.807) is 29.8 Å². The fourth-order valence-electron chi connectivity index (χ4n) is 3.44. The van der Waals surface area contributed by atoms with Crippen molar-refractivity contribution in [3.05, 3.63) is 42.0 Å². The number of imidazole rings is 1. The first kappa shape index (κ1) is 26.2. The molecule has 0 spiro atoms. The molecule has 2 heterocycles. The average molecular weight is 537 g/mol. The first-order valence-corrected chi connectivity index (χ1v) is 11.9. The van der Waals surface area contributed by atoms with Gasteiger partial charge in [0.2, 0.25) is 11.9 Å². The number of thiazole rings is 1. The molecule has 0 bridgehead atoms. The number of fused-ring (bicyclic) bond motifs is 2. The third-order valence-electron chi connectivity index (χ3n) is 5.11. The van der Waals surface area contributed by atoms with Crippen LogP contribution in [0.1, 0.15) is 17.3 Å². The Bertz CT molecular complexity index is 1440. The second kappa shape index (κ2) is 11.0. The number of carbonyl (C=O) groups excluding carboxylic acids is 2. The number of nitrogens with one attached hydrogen (secondary N) is 3. The lowest BCUT2D eigenvalue weighted by atomic mass is 10.2. The topological polar surface area (TPSA) is 119 Å². The summed E-state index contributed by atoms with van der Waals surface area (Å²) < 4.78 is 49.1. The second-order valence-electron chi connectivity index (χ2n) is 7.87. The van der Waals surface area contributed by atoms with E-state index >= 15 is 0 Å². The number of hydrogen-bond donors (Lipinski definition) is 3. The Hall–Kier alpha value is -3.91. The van der Waals surface area contributed by atoms with Gasteiger partial charge in [-0.05, 0) is 30.3 Å². The van der Waals surface area contributed by atoms with E-state index in [0.717, 1.165) is 16.9 Å².